The molecule has 3 aromatic carbocycles. The summed E-state index contributed by atoms with van der Waals surface area (Å²) in [5.41, 5.74) is -1.29. The predicted octanol–water partition coefficient (Wildman–Crippen LogP) is 4.68. The van der Waals surface area contributed by atoms with Crippen LogP contribution in [0.1, 0.15) is 72.6 Å². The van der Waals surface area contributed by atoms with Crippen LogP contribution in [0.15, 0.2) is 60.7 Å². The molecule has 1 aliphatic rings. The van der Waals surface area contributed by atoms with Gasteiger partial charge in [-0.15, -0.1) is 0 Å². The first-order valence-electron chi connectivity index (χ1n) is 12.1. The first-order valence-corrected chi connectivity index (χ1v) is 12.1. The van der Waals surface area contributed by atoms with Gasteiger partial charge in [-0.2, -0.15) is 0 Å². The van der Waals surface area contributed by atoms with E-state index in [1.54, 1.807) is 81.4 Å². The lowest BCUT2D eigenvalue weighted by atomic mass is 9.84. The summed E-state index contributed by atoms with van der Waals surface area (Å²) in [6.45, 7) is 4.47. The zero-order chi connectivity index (χ0) is 27.4. The Bertz CT molecular complexity index is 1430. The molecule has 0 aliphatic carbocycles. The minimum Gasteiger partial charge on any atom is -0.462 e. The van der Waals surface area contributed by atoms with Gasteiger partial charge < -0.3 is 14.2 Å². The van der Waals surface area contributed by atoms with E-state index in [1.165, 1.54) is 0 Å². The molecule has 0 fully saturated rings. The first kappa shape index (κ1) is 26.3. The quantitative estimate of drug-likeness (QED) is 0.241. The van der Waals surface area contributed by atoms with E-state index >= 15 is 0 Å². The highest BCUT2D eigenvalue weighted by molar-refractivity contribution is 6.39. The Kier molecular flexibility index (Phi) is 7.66. The van der Waals surface area contributed by atoms with E-state index in [0.717, 1.165) is 4.90 Å². The molecule has 1 aliphatic heterocycles. The van der Waals surface area contributed by atoms with Crippen molar-refractivity contribution in [3.05, 3.63) is 88.5 Å². The van der Waals surface area contributed by atoms with Crippen molar-refractivity contribution < 1.29 is 38.2 Å². The molecule has 1 heterocycles. The van der Waals surface area contributed by atoms with Crippen LogP contribution in [0, 0.1) is 0 Å². The van der Waals surface area contributed by atoms with Gasteiger partial charge in [-0.1, -0.05) is 48.5 Å². The Labute approximate surface area is 218 Å². The minimum absolute atomic E-state index is 0.00747. The molecule has 0 saturated carbocycles. The van der Waals surface area contributed by atoms with Crippen LogP contribution in [0.5, 0.6) is 0 Å². The Morgan fingerprint density at radius 2 is 1.00 bits per heavy atom. The van der Waals surface area contributed by atoms with E-state index < -0.39 is 40.8 Å². The molecule has 0 atom stereocenters. The SMILES string of the molecule is CCOC(=O)c1c(C(=O)OCC)c(C(=O)OCC)c(-c2ccccc2)c2c1C(=O)N(c1ccccc1)C2=O. The number of nitrogens with zero attached hydrogens (tertiary/aromatic N) is 1. The number of para-hydroxylation sites is 1. The van der Waals surface area contributed by atoms with Gasteiger partial charge >= 0.3 is 17.9 Å². The molecule has 3 aromatic rings. The number of benzene rings is 3. The number of hydrogen-bond donors (Lipinski definition) is 0. The molecule has 4 rings (SSSR count). The lowest BCUT2D eigenvalue weighted by molar-refractivity contribution is 0.0458. The number of carbonyl (C=O) groups is 5. The van der Waals surface area contributed by atoms with Gasteiger partial charge in [0.1, 0.15) is 0 Å². The monoisotopic (exact) mass is 515 g/mol. The number of amides is 2. The van der Waals surface area contributed by atoms with Crippen molar-refractivity contribution in [2.75, 3.05) is 24.7 Å². The highest BCUT2D eigenvalue weighted by atomic mass is 16.5. The smallest absolute Gasteiger partial charge is 0.339 e. The number of anilines is 1. The minimum atomic E-state index is -1.05. The lowest BCUT2D eigenvalue weighted by Crippen LogP contribution is -2.29. The van der Waals surface area contributed by atoms with Crippen molar-refractivity contribution in [1.82, 2.24) is 0 Å². The number of imide groups is 1. The highest BCUT2D eigenvalue weighted by Crippen LogP contribution is 2.42. The van der Waals surface area contributed by atoms with E-state index in [0.29, 0.717) is 5.56 Å². The van der Waals surface area contributed by atoms with Gasteiger partial charge in [0.05, 0.1) is 53.3 Å². The van der Waals surface area contributed by atoms with Crippen molar-refractivity contribution in [1.29, 1.82) is 0 Å². The maximum Gasteiger partial charge on any atom is 0.339 e. The Hall–Kier alpha value is -4.79. The molecule has 38 heavy (non-hydrogen) atoms. The molecule has 0 aromatic heterocycles. The lowest BCUT2D eigenvalue weighted by Gasteiger charge is -2.20. The van der Waals surface area contributed by atoms with Crippen LogP contribution in [-0.2, 0) is 14.2 Å². The topological polar surface area (TPSA) is 116 Å². The molecule has 194 valence electrons. The molecular formula is C29H25NO8. The summed E-state index contributed by atoms with van der Waals surface area (Å²) >= 11 is 0. The van der Waals surface area contributed by atoms with Crippen LogP contribution in [0.4, 0.5) is 5.69 Å². The van der Waals surface area contributed by atoms with E-state index in [-0.39, 0.29) is 47.8 Å². The van der Waals surface area contributed by atoms with Crippen molar-refractivity contribution in [2.45, 2.75) is 20.8 Å². The molecule has 0 saturated heterocycles. The third-order valence-electron chi connectivity index (χ3n) is 5.85. The summed E-state index contributed by atoms with van der Waals surface area (Å²) in [4.78, 5) is 68.9. The summed E-state index contributed by atoms with van der Waals surface area (Å²) in [6, 6.07) is 16.5. The van der Waals surface area contributed by atoms with Gasteiger partial charge in [0.25, 0.3) is 11.8 Å². The summed E-state index contributed by atoms with van der Waals surface area (Å²) in [5, 5.41) is 0. The third-order valence-corrected chi connectivity index (χ3v) is 5.85. The van der Waals surface area contributed by atoms with E-state index in [2.05, 4.69) is 0 Å². The number of carbonyl (C=O) groups excluding carboxylic acids is 5. The molecule has 2 amide bonds. The third kappa shape index (κ3) is 4.43. The second kappa shape index (κ2) is 11.1. The van der Waals surface area contributed by atoms with Crippen LogP contribution in [0.25, 0.3) is 11.1 Å². The van der Waals surface area contributed by atoms with E-state index in [9.17, 15) is 24.0 Å². The maximum absolute atomic E-state index is 14.0. The summed E-state index contributed by atoms with van der Waals surface area (Å²) in [5.74, 6) is -4.63. The largest absolute Gasteiger partial charge is 0.462 e. The first-order chi connectivity index (χ1) is 18.4. The second-order valence-electron chi connectivity index (χ2n) is 8.06. The fraction of sp³-hybridized carbons (Fsp3) is 0.207. The number of esters is 3. The van der Waals surface area contributed by atoms with Gasteiger partial charge in [-0.05, 0) is 38.5 Å². The van der Waals surface area contributed by atoms with Gasteiger partial charge in [-0.3, -0.25) is 9.59 Å². The predicted molar refractivity (Wildman–Crippen MR) is 137 cm³/mol. The molecular weight excluding hydrogens is 490 g/mol. The fourth-order valence-electron chi connectivity index (χ4n) is 4.42. The maximum atomic E-state index is 14.0. The van der Waals surface area contributed by atoms with Crippen LogP contribution in [-0.4, -0.2) is 49.5 Å². The fourth-order valence-corrected chi connectivity index (χ4v) is 4.42. The molecule has 0 bridgehead atoms. The van der Waals surface area contributed by atoms with Crippen LogP contribution >= 0.6 is 0 Å². The van der Waals surface area contributed by atoms with Crippen molar-refractivity contribution in [2.24, 2.45) is 0 Å². The van der Waals surface area contributed by atoms with Gasteiger partial charge in [0.2, 0.25) is 0 Å². The molecule has 0 N–H and O–H groups in total. The molecule has 9 heteroatoms. The number of fused-ring (bicyclic) bond motifs is 1. The van der Waals surface area contributed by atoms with E-state index in [4.69, 9.17) is 14.2 Å². The van der Waals surface area contributed by atoms with Gasteiger partial charge in [0.15, 0.2) is 0 Å². The molecule has 0 unspecified atom stereocenters. The molecule has 0 spiro atoms. The van der Waals surface area contributed by atoms with Crippen molar-refractivity contribution >= 4 is 35.4 Å². The van der Waals surface area contributed by atoms with Crippen molar-refractivity contribution in [3.63, 3.8) is 0 Å². The van der Waals surface area contributed by atoms with Crippen molar-refractivity contribution in [3.8, 4) is 11.1 Å². The van der Waals surface area contributed by atoms with Gasteiger partial charge in [0, 0.05) is 5.56 Å². The summed E-state index contributed by atoms with van der Waals surface area (Å²) in [7, 11) is 0. The zero-order valence-electron chi connectivity index (χ0n) is 21.1. The summed E-state index contributed by atoms with van der Waals surface area (Å²) in [6.07, 6.45) is 0. The Morgan fingerprint density at radius 1 is 0.579 bits per heavy atom. The molecule has 9 nitrogen and oxygen atoms in total. The highest BCUT2D eigenvalue weighted by Gasteiger charge is 2.47. The number of hydrogen-bond acceptors (Lipinski definition) is 8. The second-order valence-corrected chi connectivity index (χ2v) is 8.06. The standard InChI is InChI=1S/C29H25NO8/c1-4-36-27(33)22-19(17-13-9-7-10-14-17)20-21(23(28(34)37-5-2)24(22)29(35)38-6-3)26(32)30(25(20)31)18-15-11-8-12-16-18/h7-16H,4-6H2,1-3H3. The number of rotatable bonds is 8. The van der Waals surface area contributed by atoms with Crippen LogP contribution < -0.4 is 4.90 Å². The average molecular weight is 516 g/mol. The average Bonchev–Trinajstić information content (AvgIpc) is 3.18. The Balaban J connectivity index is 2.22. The van der Waals surface area contributed by atoms with E-state index in [1.807, 2.05) is 0 Å². The van der Waals surface area contributed by atoms with Crippen LogP contribution in [0.3, 0.4) is 0 Å². The van der Waals surface area contributed by atoms with Crippen LogP contribution in [0.2, 0.25) is 0 Å². The Morgan fingerprint density at radius 3 is 1.50 bits per heavy atom. The number of ether oxygens (including phenoxy) is 3. The molecule has 0 radical (unpaired) electrons. The van der Waals surface area contributed by atoms with Gasteiger partial charge in [-0.25, -0.2) is 19.3 Å². The summed E-state index contributed by atoms with van der Waals surface area (Å²) < 4.78 is 15.7. The zero-order valence-corrected chi connectivity index (χ0v) is 21.1. The normalized spacial score (nSPS) is 12.2.